The molecule has 22 heavy (non-hydrogen) atoms. The number of esters is 1. The Bertz CT molecular complexity index is 704. The number of ether oxygens (including phenoxy) is 1. The van der Waals surface area contributed by atoms with Gasteiger partial charge in [0.15, 0.2) is 0 Å². The van der Waals surface area contributed by atoms with Gasteiger partial charge in [0.1, 0.15) is 17.2 Å². The maximum atomic E-state index is 13.5. The first-order valence-corrected chi connectivity index (χ1v) is 5.85. The van der Waals surface area contributed by atoms with E-state index in [9.17, 15) is 26.7 Å². The van der Waals surface area contributed by atoms with Gasteiger partial charge < -0.3 is 4.74 Å². The summed E-state index contributed by atoms with van der Waals surface area (Å²) in [7, 11) is 1.14. The van der Waals surface area contributed by atoms with Crippen molar-refractivity contribution >= 4 is 5.97 Å². The van der Waals surface area contributed by atoms with Gasteiger partial charge in [0.05, 0.1) is 18.4 Å². The maximum absolute atomic E-state index is 13.5. The lowest BCUT2D eigenvalue weighted by atomic mass is 10.1. The third-order valence-electron chi connectivity index (χ3n) is 2.80. The molecule has 1 heterocycles. The van der Waals surface area contributed by atoms with Gasteiger partial charge in [-0.1, -0.05) is 0 Å². The highest BCUT2D eigenvalue weighted by Gasteiger charge is 2.38. The monoisotopic (exact) mass is 317 g/mol. The smallest absolute Gasteiger partial charge is 0.422 e. The molecule has 0 aliphatic rings. The van der Waals surface area contributed by atoms with Crippen molar-refractivity contribution in [3.8, 4) is 11.3 Å². The second-order valence-electron chi connectivity index (χ2n) is 4.23. The number of methoxy groups -OCH3 is 1. The number of halogens is 5. The number of aromatic nitrogens is 1. The van der Waals surface area contributed by atoms with Crippen LogP contribution in [-0.2, 0) is 10.9 Å². The number of hydrogen-bond acceptors (Lipinski definition) is 3. The fourth-order valence-electron chi connectivity index (χ4n) is 1.83. The van der Waals surface area contributed by atoms with E-state index in [2.05, 4.69) is 9.72 Å². The molecule has 8 heteroatoms. The lowest BCUT2D eigenvalue weighted by molar-refractivity contribution is -0.142. The van der Waals surface area contributed by atoms with Gasteiger partial charge >= 0.3 is 12.1 Å². The molecule has 0 spiro atoms. The molecule has 0 fully saturated rings. The zero-order valence-electron chi connectivity index (χ0n) is 11.0. The molecule has 0 saturated carbocycles. The standard InChI is InChI=1S/C14H8F5NO2/c1-22-13(21)7-2-3-20-11(6-7)8-4-9(15)12(10(16)5-8)14(17,18)19/h2-6H,1H3. The lowest BCUT2D eigenvalue weighted by Crippen LogP contribution is -2.11. The summed E-state index contributed by atoms with van der Waals surface area (Å²) in [5, 5.41) is 0. The molecule has 1 aromatic carbocycles. The van der Waals surface area contributed by atoms with Crippen LogP contribution in [0.5, 0.6) is 0 Å². The average molecular weight is 317 g/mol. The van der Waals surface area contributed by atoms with E-state index in [0.717, 1.165) is 13.2 Å². The van der Waals surface area contributed by atoms with Crippen molar-refractivity contribution in [2.24, 2.45) is 0 Å². The number of rotatable bonds is 2. The molecule has 0 N–H and O–H groups in total. The zero-order chi connectivity index (χ0) is 16.5. The summed E-state index contributed by atoms with van der Waals surface area (Å²) < 4.78 is 69.1. The first-order chi connectivity index (χ1) is 10.2. The van der Waals surface area contributed by atoms with Crippen molar-refractivity contribution in [2.45, 2.75) is 6.18 Å². The Hall–Kier alpha value is -2.51. The molecule has 0 radical (unpaired) electrons. The Balaban J connectivity index is 2.53. The average Bonchev–Trinajstić information content (AvgIpc) is 2.44. The fourth-order valence-corrected chi connectivity index (χ4v) is 1.83. The summed E-state index contributed by atoms with van der Waals surface area (Å²) in [6, 6.07) is 3.48. The topological polar surface area (TPSA) is 39.2 Å². The minimum atomic E-state index is -5.14. The third-order valence-corrected chi connectivity index (χ3v) is 2.80. The van der Waals surface area contributed by atoms with Crippen molar-refractivity contribution in [1.29, 1.82) is 0 Å². The number of benzene rings is 1. The molecule has 0 amide bonds. The summed E-state index contributed by atoms with van der Waals surface area (Å²) in [5.41, 5.74) is -2.21. The Morgan fingerprint density at radius 3 is 2.23 bits per heavy atom. The van der Waals surface area contributed by atoms with E-state index >= 15 is 0 Å². The lowest BCUT2D eigenvalue weighted by Gasteiger charge is -2.11. The highest BCUT2D eigenvalue weighted by atomic mass is 19.4. The molecule has 0 bridgehead atoms. The summed E-state index contributed by atoms with van der Waals surface area (Å²) in [6.45, 7) is 0. The van der Waals surface area contributed by atoms with Crippen LogP contribution in [-0.4, -0.2) is 18.1 Å². The number of pyridine rings is 1. The first-order valence-electron chi connectivity index (χ1n) is 5.85. The van der Waals surface area contributed by atoms with Gasteiger partial charge in [0, 0.05) is 11.8 Å². The van der Waals surface area contributed by atoms with E-state index in [4.69, 9.17) is 0 Å². The molecule has 0 aliphatic carbocycles. The number of carbonyl (C=O) groups is 1. The molecule has 3 nitrogen and oxygen atoms in total. The van der Waals surface area contributed by atoms with Crippen LogP contribution in [0.1, 0.15) is 15.9 Å². The molecule has 116 valence electrons. The summed E-state index contributed by atoms with van der Waals surface area (Å²) in [6.07, 6.45) is -3.97. The minimum absolute atomic E-state index is 0.0493. The Morgan fingerprint density at radius 1 is 1.14 bits per heavy atom. The van der Waals surface area contributed by atoms with Gasteiger partial charge in [-0.15, -0.1) is 0 Å². The van der Waals surface area contributed by atoms with Crippen LogP contribution < -0.4 is 0 Å². The van der Waals surface area contributed by atoms with Crippen molar-refractivity contribution in [1.82, 2.24) is 4.98 Å². The van der Waals surface area contributed by atoms with Gasteiger partial charge in [0.2, 0.25) is 0 Å². The van der Waals surface area contributed by atoms with Crippen molar-refractivity contribution in [3.63, 3.8) is 0 Å². The minimum Gasteiger partial charge on any atom is -0.465 e. The molecule has 0 atom stereocenters. The third kappa shape index (κ3) is 3.05. The molecule has 2 aromatic rings. The largest absolute Gasteiger partial charge is 0.465 e. The predicted octanol–water partition coefficient (Wildman–Crippen LogP) is 3.83. The van der Waals surface area contributed by atoms with Gasteiger partial charge in [-0.2, -0.15) is 13.2 Å². The Kier molecular flexibility index (Phi) is 4.11. The summed E-state index contributed by atoms with van der Waals surface area (Å²) in [4.78, 5) is 15.1. The highest BCUT2D eigenvalue weighted by Crippen LogP contribution is 2.35. The highest BCUT2D eigenvalue weighted by molar-refractivity contribution is 5.90. The zero-order valence-corrected chi connectivity index (χ0v) is 11.0. The van der Waals surface area contributed by atoms with Crippen LogP contribution in [0, 0.1) is 11.6 Å². The van der Waals surface area contributed by atoms with E-state index in [1.165, 1.54) is 12.3 Å². The van der Waals surface area contributed by atoms with Crippen molar-refractivity contribution < 1.29 is 31.5 Å². The fraction of sp³-hybridized carbons (Fsp3) is 0.143. The Morgan fingerprint density at radius 2 is 1.73 bits per heavy atom. The van der Waals surface area contributed by atoms with E-state index in [1.807, 2.05) is 0 Å². The van der Waals surface area contributed by atoms with Gasteiger partial charge in [-0.3, -0.25) is 4.98 Å². The second-order valence-corrected chi connectivity index (χ2v) is 4.23. The molecule has 0 aliphatic heterocycles. The normalized spacial score (nSPS) is 11.4. The molecule has 0 saturated heterocycles. The molecule has 1 aromatic heterocycles. The second kappa shape index (κ2) is 5.70. The van der Waals surface area contributed by atoms with E-state index in [0.29, 0.717) is 12.1 Å². The molecular formula is C14H8F5NO2. The van der Waals surface area contributed by atoms with E-state index in [-0.39, 0.29) is 16.8 Å². The van der Waals surface area contributed by atoms with Gasteiger partial charge in [-0.05, 0) is 24.3 Å². The molecular weight excluding hydrogens is 309 g/mol. The SMILES string of the molecule is COC(=O)c1ccnc(-c2cc(F)c(C(F)(F)F)c(F)c2)c1. The quantitative estimate of drug-likeness (QED) is 0.624. The predicted molar refractivity (Wildman–Crippen MR) is 65.9 cm³/mol. The van der Waals surface area contributed by atoms with Crippen LogP contribution in [0.4, 0.5) is 22.0 Å². The van der Waals surface area contributed by atoms with Crippen molar-refractivity contribution in [2.75, 3.05) is 7.11 Å². The van der Waals surface area contributed by atoms with Crippen LogP contribution >= 0.6 is 0 Å². The van der Waals surface area contributed by atoms with Crippen LogP contribution in [0.2, 0.25) is 0 Å². The molecule has 0 unspecified atom stereocenters. The van der Waals surface area contributed by atoms with Crippen molar-refractivity contribution in [3.05, 3.63) is 53.2 Å². The first kappa shape index (κ1) is 15.9. The van der Waals surface area contributed by atoms with Gasteiger partial charge in [-0.25, -0.2) is 13.6 Å². The van der Waals surface area contributed by atoms with Gasteiger partial charge in [0.25, 0.3) is 0 Å². The number of hydrogen-bond donors (Lipinski definition) is 0. The van der Waals surface area contributed by atoms with Crippen LogP contribution in [0.15, 0.2) is 30.5 Å². The summed E-state index contributed by atoms with van der Waals surface area (Å²) >= 11 is 0. The number of alkyl halides is 3. The molecule has 2 rings (SSSR count). The number of nitrogens with zero attached hydrogens (tertiary/aromatic N) is 1. The summed E-state index contributed by atoms with van der Waals surface area (Å²) in [5.74, 6) is -4.22. The maximum Gasteiger partial charge on any atom is 0.422 e. The van der Waals surface area contributed by atoms with Crippen LogP contribution in [0.25, 0.3) is 11.3 Å². The van der Waals surface area contributed by atoms with E-state index < -0.39 is 29.3 Å². The van der Waals surface area contributed by atoms with Crippen LogP contribution in [0.3, 0.4) is 0 Å². The van der Waals surface area contributed by atoms with E-state index in [1.54, 1.807) is 0 Å². The Labute approximate surface area is 121 Å². The number of carbonyl (C=O) groups excluding carboxylic acids is 1.